The van der Waals surface area contributed by atoms with Crippen LogP contribution in [-0.2, 0) is 0 Å². The van der Waals surface area contributed by atoms with Gasteiger partial charge in [0.15, 0.2) is 5.11 Å². The van der Waals surface area contributed by atoms with Crippen LogP contribution in [0.5, 0.6) is 0 Å². The van der Waals surface area contributed by atoms with Crippen LogP contribution in [0.3, 0.4) is 0 Å². The van der Waals surface area contributed by atoms with Crippen molar-refractivity contribution in [1.82, 2.24) is 5.32 Å². The molecular formula is C18H26F2N2S. The van der Waals surface area contributed by atoms with Crippen LogP contribution in [0.4, 0.5) is 14.5 Å². The summed E-state index contributed by atoms with van der Waals surface area (Å²) in [7, 11) is 0. The molecule has 1 aromatic rings. The second-order valence-electron chi connectivity index (χ2n) is 7.11. The molecule has 0 aromatic heterocycles. The van der Waals surface area contributed by atoms with Gasteiger partial charge >= 0.3 is 0 Å². The largest absolute Gasteiger partial charge is 0.360 e. The van der Waals surface area contributed by atoms with Crippen molar-refractivity contribution in [1.29, 1.82) is 0 Å². The van der Waals surface area contributed by atoms with Crippen molar-refractivity contribution in [3.8, 4) is 0 Å². The smallest absolute Gasteiger partial charge is 0.171 e. The molecule has 2 rings (SSSR count). The van der Waals surface area contributed by atoms with Gasteiger partial charge in [0.2, 0.25) is 0 Å². The number of rotatable bonds is 4. The van der Waals surface area contributed by atoms with E-state index in [1.807, 2.05) is 0 Å². The number of hydrogen-bond acceptors (Lipinski definition) is 1. The van der Waals surface area contributed by atoms with Gasteiger partial charge in [-0.1, -0.05) is 27.2 Å². The third-order valence-electron chi connectivity index (χ3n) is 5.26. The van der Waals surface area contributed by atoms with Gasteiger partial charge in [-0.15, -0.1) is 0 Å². The van der Waals surface area contributed by atoms with Crippen LogP contribution < -0.4 is 10.6 Å². The van der Waals surface area contributed by atoms with Gasteiger partial charge in [-0.05, 0) is 61.4 Å². The first-order chi connectivity index (χ1) is 10.8. The number of nitrogens with one attached hydrogen (secondary N) is 2. The van der Waals surface area contributed by atoms with E-state index < -0.39 is 11.6 Å². The van der Waals surface area contributed by atoms with Gasteiger partial charge in [0.1, 0.15) is 11.6 Å². The van der Waals surface area contributed by atoms with Gasteiger partial charge in [0, 0.05) is 12.1 Å². The molecule has 128 valence electrons. The van der Waals surface area contributed by atoms with Gasteiger partial charge in [-0.2, -0.15) is 0 Å². The molecule has 0 heterocycles. The first-order valence-electron chi connectivity index (χ1n) is 8.34. The normalized spacial score (nSPS) is 21.8. The van der Waals surface area contributed by atoms with Crippen LogP contribution in [-0.4, -0.2) is 11.2 Å². The van der Waals surface area contributed by atoms with E-state index >= 15 is 0 Å². The lowest BCUT2D eigenvalue weighted by molar-refractivity contribution is 0.141. The van der Waals surface area contributed by atoms with Crippen molar-refractivity contribution in [3.63, 3.8) is 0 Å². The molecule has 1 fully saturated rings. The molecule has 1 aliphatic rings. The Hall–Kier alpha value is -1.23. The highest BCUT2D eigenvalue weighted by atomic mass is 32.1. The van der Waals surface area contributed by atoms with E-state index in [4.69, 9.17) is 12.2 Å². The first-order valence-corrected chi connectivity index (χ1v) is 8.75. The maximum atomic E-state index is 13.6. The Bertz CT molecular complexity index is 552. The van der Waals surface area contributed by atoms with Crippen LogP contribution in [0, 0.1) is 23.0 Å². The molecule has 0 unspecified atom stereocenters. The molecule has 1 aromatic carbocycles. The zero-order valence-corrected chi connectivity index (χ0v) is 14.9. The predicted octanol–water partition coefficient (Wildman–Crippen LogP) is 5.25. The Balaban J connectivity index is 1.83. The van der Waals surface area contributed by atoms with Crippen molar-refractivity contribution in [2.45, 2.75) is 58.9 Å². The van der Waals surface area contributed by atoms with Crippen molar-refractivity contribution in [2.24, 2.45) is 11.3 Å². The summed E-state index contributed by atoms with van der Waals surface area (Å²) in [5.41, 5.74) is 0.589. The van der Waals surface area contributed by atoms with Crippen LogP contribution in [0.25, 0.3) is 0 Å². The van der Waals surface area contributed by atoms with E-state index in [0.717, 1.165) is 24.8 Å². The Morgan fingerprint density at radius 2 is 1.87 bits per heavy atom. The van der Waals surface area contributed by atoms with E-state index in [0.29, 0.717) is 16.6 Å². The Labute approximate surface area is 143 Å². The minimum Gasteiger partial charge on any atom is -0.360 e. The maximum absolute atomic E-state index is 13.6. The van der Waals surface area contributed by atoms with Gasteiger partial charge in [0.05, 0.1) is 5.69 Å². The molecule has 1 aliphatic carbocycles. The molecule has 0 amide bonds. The number of benzene rings is 1. The summed E-state index contributed by atoms with van der Waals surface area (Å²) in [6, 6.07) is 3.75. The summed E-state index contributed by atoms with van der Waals surface area (Å²) in [4.78, 5) is 0. The summed E-state index contributed by atoms with van der Waals surface area (Å²) < 4.78 is 26.5. The van der Waals surface area contributed by atoms with Crippen LogP contribution in [0.1, 0.15) is 52.9 Å². The molecule has 0 spiro atoms. The SMILES string of the molecule is CCC(C)(C)C1CCC(NC(=S)Nc2ccc(F)cc2F)CC1. The van der Waals surface area contributed by atoms with E-state index in [9.17, 15) is 8.78 Å². The van der Waals surface area contributed by atoms with Gasteiger partial charge in [-0.25, -0.2) is 8.78 Å². The van der Waals surface area contributed by atoms with E-state index in [2.05, 4.69) is 31.4 Å². The lowest BCUT2D eigenvalue weighted by Crippen LogP contribution is -2.41. The van der Waals surface area contributed by atoms with Gasteiger partial charge in [-0.3, -0.25) is 0 Å². The summed E-state index contributed by atoms with van der Waals surface area (Å²) in [6.45, 7) is 6.93. The fourth-order valence-electron chi connectivity index (χ4n) is 3.24. The average Bonchev–Trinajstić information content (AvgIpc) is 2.50. The predicted molar refractivity (Wildman–Crippen MR) is 95.5 cm³/mol. The average molecular weight is 340 g/mol. The zero-order valence-electron chi connectivity index (χ0n) is 14.1. The first kappa shape index (κ1) is 18.1. The van der Waals surface area contributed by atoms with Crippen molar-refractivity contribution in [2.75, 3.05) is 5.32 Å². The number of hydrogen-bond donors (Lipinski definition) is 2. The standard InChI is InChI=1S/C18H26F2N2S/c1-4-18(2,3)12-5-8-14(9-6-12)21-17(23)22-16-10-7-13(19)11-15(16)20/h7,10-12,14H,4-6,8-9H2,1-3H3,(H2,21,22,23). The Morgan fingerprint density at radius 3 is 2.43 bits per heavy atom. The summed E-state index contributed by atoms with van der Waals surface area (Å²) in [5, 5.41) is 6.47. The fraction of sp³-hybridized carbons (Fsp3) is 0.611. The maximum Gasteiger partial charge on any atom is 0.171 e. The third-order valence-corrected chi connectivity index (χ3v) is 5.48. The molecule has 1 saturated carbocycles. The molecule has 0 atom stereocenters. The van der Waals surface area contributed by atoms with E-state index in [1.54, 1.807) is 0 Å². The Kier molecular flexibility index (Phi) is 5.95. The highest BCUT2D eigenvalue weighted by Gasteiger charge is 2.31. The minimum atomic E-state index is -0.637. The van der Waals surface area contributed by atoms with Crippen LogP contribution in [0.15, 0.2) is 18.2 Å². The van der Waals surface area contributed by atoms with E-state index in [-0.39, 0.29) is 5.69 Å². The molecule has 0 bridgehead atoms. The molecule has 0 aliphatic heterocycles. The lowest BCUT2D eigenvalue weighted by Gasteiger charge is -2.39. The fourth-order valence-corrected chi connectivity index (χ4v) is 3.52. The molecule has 23 heavy (non-hydrogen) atoms. The zero-order chi connectivity index (χ0) is 17.0. The second kappa shape index (κ2) is 7.56. The molecule has 2 N–H and O–H groups in total. The topological polar surface area (TPSA) is 24.1 Å². The molecular weight excluding hydrogens is 314 g/mol. The highest BCUT2D eigenvalue weighted by molar-refractivity contribution is 7.80. The summed E-state index contributed by atoms with van der Waals surface area (Å²) >= 11 is 5.25. The van der Waals surface area contributed by atoms with Crippen molar-refractivity contribution < 1.29 is 8.78 Å². The molecule has 5 heteroatoms. The molecule has 2 nitrogen and oxygen atoms in total. The quantitative estimate of drug-likeness (QED) is 0.732. The Morgan fingerprint density at radius 1 is 1.22 bits per heavy atom. The van der Waals surface area contributed by atoms with Gasteiger partial charge in [0.25, 0.3) is 0 Å². The lowest BCUT2D eigenvalue weighted by atomic mass is 9.69. The van der Waals surface area contributed by atoms with Crippen molar-refractivity contribution >= 4 is 23.0 Å². The minimum absolute atomic E-state index is 0.199. The molecule has 0 radical (unpaired) electrons. The summed E-state index contributed by atoms with van der Waals surface area (Å²) in [5.74, 6) is -0.479. The highest BCUT2D eigenvalue weighted by Crippen LogP contribution is 2.40. The van der Waals surface area contributed by atoms with Crippen LogP contribution >= 0.6 is 12.2 Å². The number of anilines is 1. The summed E-state index contributed by atoms with van der Waals surface area (Å²) in [6.07, 6.45) is 5.71. The van der Waals surface area contributed by atoms with Crippen molar-refractivity contribution in [3.05, 3.63) is 29.8 Å². The van der Waals surface area contributed by atoms with E-state index in [1.165, 1.54) is 31.4 Å². The monoisotopic (exact) mass is 340 g/mol. The number of thiocarbonyl (C=S) groups is 1. The number of halogens is 2. The second-order valence-corrected chi connectivity index (χ2v) is 7.52. The third kappa shape index (κ3) is 4.87. The molecule has 0 saturated heterocycles. The van der Waals surface area contributed by atoms with Gasteiger partial charge < -0.3 is 10.6 Å². The van der Waals surface area contributed by atoms with Crippen LogP contribution in [0.2, 0.25) is 0 Å².